The molecule has 0 radical (unpaired) electrons. The van der Waals surface area contributed by atoms with Gasteiger partial charge in [0.05, 0.1) is 22.2 Å². The van der Waals surface area contributed by atoms with E-state index in [9.17, 15) is 4.79 Å². The lowest BCUT2D eigenvalue weighted by Gasteiger charge is -2.13. The van der Waals surface area contributed by atoms with Gasteiger partial charge < -0.3 is 20.7 Å². The van der Waals surface area contributed by atoms with Crippen molar-refractivity contribution in [1.82, 2.24) is 20.3 Å². The van der Waals surface area contributed by atoms with Gasteiger partial charge in [-0.1, -0.05) is 17.7 Å². The van der Waals surface area contributed by atoms with Crippen molar-refractivity contribution >= 4 is 45.6 Å². The maximum absolute atomic E-state index is 12.5. The largest absolute Gasteiger partial charge is 0.486 e. The number of hydrogen-bond donors (Lipinski definition) is 3. The summed E-state index contributed by atoms with van der Waals surface area (Å²) in [6, 6.07) is 16.7. The second-order valence-corrected chi connectivity index (χ2v) is 8.42. The molecule has 34 heavy (non-hydrogen) atoms. The number of amides is 1. The molecule has 2 aromatic heterocycles. The van der Waals surface area contributed by atoms with E-state index in [1.807, 2.05) is 42.5 Å². The van der Waals surface area contributed by atoms with Gasteiger partial charge in [0.25, 0.3) is 0 Å². The van der Waals surface area contributed by atoms with Crippen LogP contribution in [0.15, 0.2) is 67.1 Å². The van der Waals surface area contributed by atoms with Crippen LogP contribution in [0, 0.1) is 5.92 Å². The molecule has 3 heterocycles. The van der Waals surface area contributed by atoms with Crippen LogP contribution in [0.25, 0.3) is 10.9 Å². The predicted octanol–water partition coefficient (Wildman–Crippen LogP) is 4.55. The summed E-state index contributed by atoms with van der Waals surface area (Å²) in [5.41, 5.74) is 3.04. The van der Waals surface area contributed by atoms with Crippen molar-refractivity contribution in [2.75, 3.05) is 23.7 Å². The third kappa shape index (κ3) is 5.08. The van der Waals surface area contributed by atoms with Crippen LogP contribution in [-0.2, 0) is 11.4 Å². The first kappa shape index (κ1) is 22.1. The highest BCUT2D eigenvalue weighted by atomic mass is 35.5. The number of carbonyl (C=O) groups excluding carboxylic acids is 1. The Bertz CT molecular complexity index is 1310. The summed E-state index contributed by atoms with van der Waals surface area (Å²) >= 11 is 6.45. The van der Waals surface area contributed by atoms with E-state index in [1.165, 1.54) is 6.33 Å². The Hall–Kier alpha value is -3.75. The Labute approximate surface area is 201 Å². The molecule has 3 N–H and O–H groups in total. The predicted molar refractivity (Wildman–Crippen MR) is 132 cm³/mol. The third-order valence-electron chi connectivity index (χ3n) is 5.63. The molecule has 1 atom stereocenters. The van der Waals surface area contributed by atoms with E-state index in [2.05, 4.69) is 30.9 Å². The molecule has 8 nitrogen and oxygen atoms in total. The van der Waals surface area contributed by atoms with Crippen LogP contribution >= 0.6 is 11.6 Å². The molecular weight excluding hydrogens is 452 g/mol. The second kappa shape index (κ2) is 10.0. The van der Waals surface area contributed by atoms with Crippen LogP contribution in [0.4, 0.5) is 17.2 Å². The number of fused-ring (bicyclic) bond motifs is 1. The molecule has 172 valence electrons. The van der Waals surface area contributed by atoms with E-state index >= 15 is 0 Å². The fourth-order valence-electron chi connectivity index (χ4n) is 3.82. The van der Waals surface area contributed by atoms with E-state index in [1.54, 1.807) is 18.3 Å². The van der Waals surface area contributed by atoms with Crippen molar-refractivity contribution in [2.45, 2.75) is 13.0 Å². The maximum Gasteiger partial charge on any atom is 0.228 e. The molecule has 1 amide bonds. The van der Waals surface area contributed by atoms with Crippen molar-refractivity contribution in [1.29, 1.82) is 0 Å². The van der Waals surface area contributed by atoms with E-state index < -0.39 is 0 Å². The molecule has 1 aliphatic heterocycles. The lowest BCUT2D eigenvalue weighted by Crippen LogP contribution is -2.24. The van der Waals surface area contributed by atoms with Gasteiger partial charge in [-0.25, -0.2) is 9.97 Å². The molecule has 1 fully saturated rings. The number of anilines is 3. The Morgan fingerprint density at radius 2 is 2.00 bits per heavy atom. The minimum absolute atomic E-state index is 0.0131. The monoisotopic (exact) mass is 474 g/mol. The van der Waals surface area contributed by atoms with Crippen molar-refractivity contribution in [3.05, 3.63) is 77.8 Å². The number of nitrogens with one attached hydrogen (secondary N) is 3. The molecule has 5 rings (SSSR count). The molecule has 2 aromatic carbocycles. The first-order valence-corrected chi connectivity index (χ1v) is 11.4. The molecule has 0 unspecified atom stereocenters. The average molecular weight is 475 g/mol. The summed E-state index contributed by atoms with van der Waals surface area (Å²) in [5.74, 6) is 1.18. The van der Waals surface area contributed by atoms with Gasteiger partial charge in [-0.3, -0.25) is 9.78 Å². The molecule has 0 saturated carbocycles. The van der Waals surface area contributed by atoms with Crippen LogP contribution in [0.5, 0.6) is 5.75 Å². The normalized spacial score (nSPS) is 15.3. The fourth-order valence-corrected chi connectivity index (χ4v) is 4.06. The molecule has 9 heteroatoms. The summed E-state index contributed by atoms with van der Waals surface area (Å²) in [6.45, 7) is 1.90. The van der Waals surface area contributed by atoms with Gasteiger partial charge in [0.15, 0.2) is 0 Å². The molecule has 4 aromatic rings. The lowest BCUT2D eigenvalue weighted by molar-refractivity contribution is -0.119. The van der Waals surface area contributed by atoms with E-state index in [-0.39, 0.29) is 11.8 Å². The summed E-state index contributed by atoms with van der Waals surface area (Å²) < 4.78 is 5.80. The highest BCUT2D eigenvalue weighted by Gasteiger charge is 2.22. The minimum Gasteiger partial charge on any atom is -0.486 e. The zero-order valence-corrected chi connectivity index (χ0v) is 19.0. The first-order valence-electron chi connectivity index (χ1n) is 11.0. The van der Waals surface area contributed by atoms with Gasteiger partial charge in [-0.15, -0.1) is 0 Å². The Morgan fingerprint density at radius 3 is 2.79 bits per heavy atom. The fraction of sp³-hybridized carbons (Fsp3) is 0.200. The summed E-state index contributed by atoms with van der Waals surface area (Å²) in [5, 5.41) is 10.8. The number of aromatic nitrogens is 3. The second-order valence-electron chi connectivity index (χ2n) is 8.01. The molecule has 0 spiro atoms. The quantitative estimate of drug-likeness (QED) is 0.361. The summed E-state index contributed by atoms with van der Waals surface area (Å²) in [4.78, 5) is 25.5. The number of ether oxygens (including phenoxy) is 1. The summed E-state index contributed by atoms with van der Waals surface area (Å²) in [7, 11) is 0. The topological polar surface area (TPSA) is 101 Å². The minimum atomic E-state index is -0.0131. The number of hydrogen-bond acceptors (Lipinski definition) is 7. The van der Waals surface area contributed by atoms with Gasteiger partial charge in [0.1, 0.15) is 24.5 Å². The smallest absolute Gasteiger partial charge is 0.228 e. The number of carbonyl (C=O) groups is 1. The molecular formula is C25H23ClN6O2. The van der Waals surface area contributed by atoms with Crippen LogP contribution in [0.1, 0.15) is 12.1 Å². The van der Waals surface area contributed by atoms with Gasteiger partial charge in [0.2, 0.25) is 5.91 Å². The zero-order chi connectivity index (χ0) is 23.3. The Balaban J connectivity index is 1.32. The molecule has 1 aliphatic rings. The first-order chi connectivity index (χ1) is 16.7. The Morgan fingerprint density at radius 1 is 1.09 bits per heavy atom. The van der Waals surface area contributed by atoms with E-state index in [0.29, 0.717) is 35.4 Å². The van der Waals surface area contributed by atoms with Gasteiger partial charge in [-0.2, -0.15) is 0 Å². The number of nitrogens with zero attached hydrogens (tertiary/aromatic N) is 3. The number of pyridine rings is 1. The Kier molecular flexibility index (Phi) is 6.51. The van der Waals surface area contributed by atoms with Gasteiger partial charge in [-0.05, 0) is 61.5 Å². The van der Waals surface area contributed by atoms with Crippen LogP contribution < -0.4 is 20.7 Å². The molecule has 0 bridgehead atoms. The number of benzene rings is 2. The van der Waals surface area contributed by atoms with Crippen LogP contribution in [0.3, 0.4) is 0 Å². The van der Waals surface area contributed by atoms with Gasteiger partial charge >= 0.3 is 0 Å². The van der Waals surface area contributed by atoms with Crippen molar-refractivity contribution in [3.63, 3.8) is 0 Å². The zero-order valence-electron chi connectivity index (χ0n) is 18.3. The third-order valence-corrected chi connectivity index (χ3v) is 5.93. The summed E-state index contributed by atoms with van der Waals surface area (Å²) in [6.07, 6.45) is 4.07. The van der Waals surface area contributed by atoms with Crippen LogP contribution in [-0.4, -0.2) is 33.9 Å². The van der Waals surface area contributed by atoms with Gasteiger partial charge in [0, 0.05) is 29.5 Å². The standard InChI is InChI=1S/C25H23ClN6O2/c26-21-12-18(5-7-23(21)34-14-19-3-1-2-9-28-19)31-24-20-11-17(4-6-22(20)29-15-30-24)32-25(33)16-8-10-27-13-16/h1-7,9,11-12,15-16,27H,8,10,13-14H2,(H,32,33)(H,29,30,31)/t16-/m0/s1. The number of rotatable bonds is 7. The SMILES string of the molecule is O=C(Nc1ccc2ncnc(Nc3ccc(OCc4ccccn4)c(Cl)c3)c2c1)[C@H]1CCNC1. The van der Waals surface area contributed by atoms with Crippen LogP contribution in [0.2, 0.25) is 5.02 Å². The van der Waals surface area contributed by atoms with E-state index in [4.69, 9.17) is 16.3 Å². The number of halogens is 1. The van der Waals surface area contributed by atoms with Crippen molar-refractivity contribution < 1.29 is 9.53 Å². The molecule has 0 aliphatic carbocycles. The van der Waals surface area contributed by atoms with Crippen molar-refractivity contribution in [3.8, 4) is 5.75 Å². The molecule has 1 saturated heterocycles. The average Bonchev–Trinajstić information content (AvgIpc) is 3.40. The lowest BCUT2D eigenvalue weighted by atomic mass is 10.1. The highest BCUT2D eigenvalue weighted by Crippen LogP contribution is 2.31. The highest BCUT2D eigenvalue weighted by molar-refractivity contribution is 6.32. The van der Waals surface area contributed by atoms with E-state index in [0.717, 1.165) is 35.2 Å². The van der Waals surface area contributed by atoms with Crippen molar-refractivity contribution in [2.24, 2.45) is 5.92 Å². The maximum atomic E-state index is 12.5.